The van der Waals surface area contributed by atoms with Crippen LogP contribution in [0.3, 0.4) is 0 Å². The van der Waals surface area contributed by atoms with Crippen LogP contribution in [-0.4, -0.2) is 23.4 Å². The van der Waals surface area contributed by atoms with E-state index in [0.29, 0.717) is 6.04 Å². The molecule has 1 fully saturated rings. The lowest BCUT2D eigenvalue weighted by molar-refractivity contribution is 0.0635. The number of amides is 1. The summed E-state index contributed by atoms with van der Waals surface area (Å²) >= 11 is 1.81. The van der Waals surface area contributed by atoms with E-state index in [0.717, 1.165) is 37.2 Å². The number of likely N-dealkylation sites (tertiary alicyclic amines) is 1. The third kappa shape index (κ3) is 3.94. The third-order valence-electron chi connectivity index (χ3n) is 4.46. The van der Waals surface area contributed by atoms with Crippen molar-refractivity contribution in [2.24, 2.45) is 0 Å². The van der Waals surface area contributed by atoms with E-state index in [1.165, 1.54) is 16.2 Å². The molecule has 23 heavy (non-hydrogen) atoms. The molecule has 1 aliphatic heterocycles. The summed E-state index contributed by atoms with van der Waals surface area (Å²) in [6.45, 7) is 5.98. The molecule has 0 aliphatic carbocycles. The highest BCUT2D eigenvalue weighted by molar-refractivity contribution is 7.11. The van der Waals surface area contributed by atoms with Crippen molar-refractivity contribution in [3.05, 3.63) is 51.7 Å². The highest BCUT2D eigenvalue weighted by Gasteiger charge is 2.23. The fourth-order valence-electron chi connectivity index (χ4n) is 3.07. The molecule has 1 amide bonds. The smallest absolute Gasteiger partial charge is 0.254 e. The minimum atomic E-state index is 0.164. The number of hydrogen-bond donors (Lipinski definition) is 1. The van der Waals surface area contributed by atoms with Crippen LogP contribution in [0.15, 0.2) is 36.4 Å². The standard InChI is InChI=1S/C19H24N2OS/c1-14-5-3-4-12-21(14)19(22)16-7-9-17(10-8-16)20-13-18-11-6-15(2)23-18/h6-11,14,20H,3-5,12-13H2,1-2H3. The SMILES string of the molecule is Cc1ccc(CNc2ccc(C(=O)N3CCCCC3C)cc2)s1. The summed E-state index contributed by atoms with van der Waals surface area (Å²) in [5.74, 6) is 0.164. The largest absolute Gasteiger partial charge is 0.380 e. The second-order valence-electron chi connectivity index (χ2n) is 6.29. The Hall–Kier alpha value is -1.81. The summed E-state index contributed by atoms with van der Waals surface area (Å²) in [6.07, 6.45) is 3.47. The van der Waals surface area contributed by atoms with Gasteiger partial charge in [-0.25, -0.2) is 0 Å². The third-order valence-corrected chi connectivity index (χ3v) is 5.46. The van der Waals surface area contributed by atoms with Crippen LogP contribution in [0.2, 0.25) is 0 Å². The summed E-state index contributed by atoms with van der Waals surface area (Å²) < 4.78 is 0. The Balaban J connectivity index is 1.61. The first-order valence-electron chi connectivity index (χ1n) is 8.34. The number of piperidine rings is 1. The quantitative estimate of drug-likeness (QED) is 0.883. The van der Waals surface area contributed by atoms with Crippen LogP contribution in [0, 0.1) is 6.92 Å². The van der Waals surface area contributed by atoms with Crippen molar-refractivity contribution in [2.45, 2.75) is 45.7 Å². The molecular weight excluding hydrogens is 304 g/mol. The molecule has 1 unspecified atom stereocenters. The molecule has 4 heteroatoms. The predicted octanol–water partition coefficient (Wildman–Crippen LogP) is 4.68. The average Bonchev–Trinajstić information content (AvgIpc) is 2.99. The number of anilines is 1. The first-order chi connectivity index (χ1) is 11.1. The molecule has 1 aromatic heterocycles. The Morgan fingerprint density at radius 1 is 1.22 bits per heavy atom. The molecule has 1 saturated heterocycles. The molecule has 0 radical (unpaired) electrons. The first-order valence-corrected chi connectivity index (χ1v) is 9.15. The van der Waals surface area contributed by atoms with Crippen molar-refractivity contribution in [1.82, 2.24) is 4.90 Å². The molecule has 3 rings (SSSR count). The second-order valence-corrected chi connectivity index (χ2v) is 7.66. The molecule has 1 atom stereocenters. The van der Waals surface area contributed by atoms with Gasteiger partial charge >= 0.3 is 0 Å². The summed E-state index contributed by atoms with van der Waals surface area (Å²) in [7, 11) is 0. The van der Waals surface area contributed by atoms with Gasteiger partial charge in [0.05, 0.1) is 0 Å². The highest BCUT2D eigenvalue weighted by atomic mass is 32.1. The summed E-state index contributed by atoms with van der Waals surface area (Å²) in [5.41, 5.74) is 1.84. The molecule has 3 nitrogen and oxygen atoms in total. The van der Waals surface area contributed by atoms with Gasteiger partial charge in [0.25, 0.3) is 5.91 Å². The van der Waals surface area contributed by atoms with E-state index < -0.39 is 0 Å². The molecule has 0 bridgehead atoms. The average molecular weight is 328 g/mol. The lowest BCUT2D eigenvalue weighted by Crippen LogP contribution is -2.41. The van der Waals surface area contributed by atoms with E-state index in [2.05, 4.69) is 31.3 Å². The zero-order chi connectivity index (χ0) is 16.2. The zero-order valence-electron chi connectivity index (χ0n) is 13.8. The van der Waals surface area contributed by atoms with Gasteiger partial charge in [0.2, 0.25) is 0 Å². The Labute approximate surface area is 142 Å². The number of hydrogen-bond acceptors (Lipinski definition) is 3. The summed E-state index contributed by atoms with van der Waals surface area (Å²) in [5, 5.41) is 3.41. The summed E-state index contributed by atoms with van der Waals surface area (Å²) in [6, 6.07) is 12.5. The van der Waals surface area contributed by atoms with Crippen LogP contribution >= 0.6 is 11.3 Å². The zero-order valence-corrected chi connectivity index (χ0v) is 14.7. The minimum Gasteiger partial charge on any atom is -0.380 e. The lowest BCUT2D eigenvalue weighted by atomic mass is 10.0. The van der Waals surface area contributed by atoms with Gasteiger partial charge in [-0.15, -0.1) is 11.3 Å². The fraction of sp³-hybridized carbons (Fsp3) is 0.421. The van der Waals surface area contributed by atoms with E-state index in [4.69, 9.17) is 0 Å². The molecule has 0 saturated carbocycles. The van der Waals surface area contributed by atoms with Crippen LogP contribution in [0.5, 0.6) is 0 Å². The van der Waals surface area contributed by atoms with Gasteiger partial charge in [-0.05, 0) is 69.5 Å². The fourth-order valence-corrected chi connectivity index (χ4v) is 3.90. The van der Waals surface area contributed by atoms with Crippen molar-refractivity contribution in [2.75, 3.05) is 11.9 Å². The van der Waals surface area contributed by atoms with E-state index in [-0.39, 0.29) is 5.91 Å². The highest BCUT2D eigenvalue weighted by Crippen LogP contribution is 2.21. The van der Waals surface area contributed by atoms with Crippen LogP contribution in [0.1, 0.15) is 46.3 Å². The van der Waals surface area contributed by atoms with Crippen LogP contribution < -0.4 is 5.32 Å². The van der Waals surface area contributed by atoms with Gasteiger partial charge in [0.15, 0.2) is 0 Å². The maximum Gasteiger partial charge on any atom is 0.254 e. The van der Waals surface area contributed by atoms with Gasteiger partial charge in [0.1, 0.15) is 0 Å². The Morgan fingerprint density at radius 2 is 2.00 bits per heavy atom. The molecule has 0 spiro atoms. The van der Waals surface area contributed by atoms with Crippen LogP contribution in [0.25, 0.3) is 0 Å². The van der Waals surface area contributed by atoms with Gasteiger partial charge in [0, 0.05) is 40.1 Å². The first kappa shape index (κ1) is 16.1. The summed E-state index contributed by atoms with van der Waals surface area (Å²) in [4.78, 5) is 17.3. The van der Waals surface area contributed by atoms with E-state index in [9.17, 15) is 4.79 Å². The van der Waals surface area contributed by atoms with E-state index in [1.807, 2.05) is 40.5 Å². The van der Waals surface area contributed by atoms with Crippen molar-refractivity contribution in [3.63, 3.8) is 0 Å². The van der Waals surface area contributed by atoms with Gasteiger partial charge in [-0.2, -0.15) is 0 Å². The molecule has 122 valence electrons. The number of nitrogens with one attached hydrogen (secondary N) is 1. The van der Waals surface area contributed by atoms with Crippen LogP contribution in [-0.2, 0) is 6.54 Å². The molecule has 1 N–H and O–H groups in total. The maximum atomic E-state index is 12.6. The van der Waals surface area contributed by atoms with Crippen molar-refractivity contribution in [1.29, 1.82) is 0 Å². The predicted molar refractivity (Wildman–Crippen MR) is 97.2 cm³/mol. The molecular formula is C19H24N2OS. The monoisotopic (exact) mass is 328 g/mol. The Morgan fingerprint density at radius 3 is 2.65 bits per heavy atom. The normalized spacial score (nSPS) is 18.0. The second kappa shape index (κ2) is 7.18. The van der Waals surface area contributed by atoms with E-state index in [1.54, 1.807) is 0 Å². The number of thiophene rings is 1. The van der Waals surface area contributed by atoms with Crippen molar-refractivity contribution in [3.8, 4) is 0 Å². The Bertz CT molecular complexity index is 662. The van der Waals surface area contributed by atoms with E-state index >= 15 is 0 Å². The maximum absolute atomic E-state index is 12.6. The van der Waals surface area contributed by atoms with Crippen molar-refractivity contribution < 1.29 is 4.79 Å². The van der Waals surface area contributed by atoms with Crippen molar-refractivity contribution >= 4 is 22.9 Å². The van der Waals surface area contributed by atoms with Gasteiger partial charge in [-0.1, -0.05) is 0 Å². The number of carbonyl (C=O) groups excluding carboxylic acids is 1. The van der Waals surface area contributed by atoms with Gasteiger partial charge in [-0.3, -0.25) is 4.79 Å². The van der Waals surface area contributed by atoms with Crippen LogP contribution in [0.4, 0.5) is 5.69 Å². The lowest BCUT2D eigenvalue weighted by Gasteiger charge is -2.33. The number of carbonyl (C=O) groups is 1. The molecule has 1 aliphatic rings. The molecule has 1 aromatic carbocycles. The number of aryl methyl sites for hydroxylation is 1. The number of benzene rings is 1. The minimum absolute atomic E-state index is 0.164. The van der Waals surface area contributed by atoms with Gasteiger partial charge < -0.3 is 10.2 Å². The molecule has 2 heterocycles. The Kier molecular flexibility index (Phi) is 5.01. The number of nitrogens with zero attached hydrogens (tertiary/aromatic N) is 1. The number of rotatable bonds is 4. The topological polar surface area (TPSA) is 32.3 Å². The molecule has 2 aromatic rings.